The first-order valence-electron chi connectivity index (χ1n) is 10.7. The predicted molar refractivity (Wildman–Crippen MR) is 125 cm³/mol. The van der Waals surface area contributed by atoms with Crippen molar-refractivity contribution in [3.63, 3.8) is 0 Å². The number of nitrogens with zero attached hydrogens (tertiary/aromatic N) is 1. The van der Waals surface area contributed by atoms with Gasteiger partial charge in [-0.25, -0.2) is 0 Å². The molecule has 31 heavy (non-hydrogen) atoms. The number of piperidine rings is 1. The summed E-state index contributed by atoms with van der Waals surface area (Å²) in [5, 5.41) is 13.8. The van der Waals surface area contributed by atoms with Crippen molar-refractivity contribution in [1.82, 2.24) is 20.9 Å². The fourth-order valence-corrected chi connectivity index (χ4v) is 6.34. The lowest BCUT2D eigenvalue weighted by Crippen LogP contribution is -2.69. The number of thioether (sulfide) groups is 1. The van der Waals surface area contributed by atoms with Crippen LogP contribution in [0.15, 0.2) is 53.3 Å². The summed E-state index contributed by atoms with van der Waals surface area (Å²) in [6, 6.07) is 14.2. The van der Waals surface area contributed by atoms with Crippen molar-refractivity contribution in [2.45, 2.75) is 37.0 Å². The quantitative estimate of drug-likeness (QED) is 0.648. The normalized spacial score (nSPS) is 28.5. The van der Waals surface area contributed by atoms with Crippen molar-refractivity contribution in [1.29, 1.82) is 0 Å². The maximum absolute atomic E-state index is 12.8. The Morgan fingerprint density at radius 3 is 2.87 bits per heavy atom. The third kappa shape index (κ3) is 4.43. The SMILES string of the molecule is O=C(NCc1cccs1)C1CCCN(C2NC(=O)C3SC=C(c4ccccc4)C3N2)C1. The molecule has 6 nitrogen and oxygen atoms in total. The Morgan fingerprint density at radius 2 is 2.06 bits per heavy atom. The van der Waals surface area contributed by atoms with E-state index in [1.807, 2.05) is 35.7 Å². The predicted octanol–water partition coefficient (Wildman–Crippen LogP) is 2.60. The van der Waals surface area contributed by atoms with Crippen LogP contribution >= 0.6 is 23.1 Å². The van der Waals surface area contributed by atoms with E-state index in [-0.39, 0.29) is 35.3 Å². The Labute approximate surface area is 190 Å². The Balaban J connectivity index is 1.24. The van der Waals surface area contributed by atoms with Crippen LogP contribution in [0, 0.1) is 5.92 Å². The zero-order valence-electron chi connectivity index (χ0n) is 17.1. The molecule has 1 aromatic heterocycles. The number of carbonyl (C=O) groups excluding carboxylic acids is 2. The van der Waals surface area contributed by atoms with Gasteiger partial charge in [0.1, 0.15) is 11.5 Å². The number of carbonyl (C=O) groups is 2. The van der Waals surface area contributed by atoms with Crippen molar-refractivity contribution < 1.29 is 9.59 Å². The van der Waals surface area contributed by atoms with Crippen LogP contribution in [-0.4, -0.2) is 47.4 Å². The van der Waals surface area contributed by atoms with Crippen molar-refractivity contribution in [2.24, 2.45) is 5.92 Å². The van der Waals surface area contributed by atoms with E-state index in [0.717, 1.165) is 35.4 Å². The summed E-state index contributed by atoms with van der Waals surface area (Å²) in [4.78, 5) is 29.0. The number of likely N-dealkylation sites (tertiary alicyclic amines) is 1. The lowest BCUT2D eigenvalue weighted by molar-refractivity contribution is -0.129. The second kappa shape index (κ2) is 9.16. The average molecular weight is 455 g/mol. The molecule has 0 bridgehead atoms. The van der Waals surface area contributed by atoms with Gasteiger partial charge in [0, 0.05) is 18.0 Å². The Bertz CT molecular complexity index is 963. The molecule has 8 heteroatoms. The molecule has 1 aromatic carbocycles. The van der Waals surface area contributed by atoms with E-state index in [1.165, 1.54) is 0 Å². The summed E-state index contributed by atoms with van der Waals surface area (Å²) in [5.41, 5.74) is 2.31. The standard InChI is InChI=1S/C23H26N4O2S2/c28-21(24-12-17-9-5-11-30-17)16-8-4-10-27(13-16)23-25-19-18(15-6-2-1-3-7-15)14-31-20(19)22(29)26-23/h1-3,5-7,9,11,14,16,19-20,23,25H,4,8,10,12-13H2,(H,24,28)(H,26,29). The maximum Gasteiger partial charge on any atom is 0.237 e. The van der Waals surface area contributed by atoms with Crippen LogP contribution in [0.5, 0.6) is 0 Å². The van der Waals surface area contributed by atoms with Crippen LogP contribution in [0.25, 0.3) is 5.57 Å². The van der Waals surface area contributed by atoms with Gasteiger partial charge in [0.25, 0.3) is 0 Å². The number of nitrogens with one attached hydrogen (secondary N) is 3. The summed E-state index contributed by atoms with van der Waals surface area (Å²) in [7, 11) is 0. The number of benzene rings is 1. The van der Waals surface area contributed by atoms with Gasteiger partial charge < -0.3 is 10.6 Å². The summed E-state index contributed by atoms with van der Waals surface area (Å²) in [6.07, 6.45) is 1.56. The van der Waals surface area contributed by atoms with Crippen LogP contribution in [0.1, 0.15) is 23.3 Å². The number of thiophene rings is 1. The van der Waals surface area contributed by atoms with Gasteiger partial charge in [-0.3, -0.25) is 19.8 Å². The molecule has 4 atom stereocenters. The van der Waals surface area contributed by atoms with Crippen molar-refractivity contribution in [3.8, 4) is 0 Å². The topological polar surface area (TPSA) is 73.5 Å². The zero-order valence-corrected chi connectivity index (χ0v) is 18.8. The third-order valence-corrected chi connectivity index (χ3v) is 8.21. The van der Waals surface area contributed by atoms with Gasteiger partial charge in [-0.1, -0.05) is 36.4 Å². The average Bonchev–Trinajstić information content (AvgIpc) is 3.48. The fraction of sp³-hybridized carbons (Fsp3) is 0.391. The van der Waals surface area contributed by atoms with Gasteiger partial charge >= 0.3 is 0 Å². The smallest absolute Gasteiger partial charge is 0.237 e. The van der Waals surface area contributed by atoms with Gasteiger partial charge in [-0.2, -0.15) is 0 Å². The largest absolute Gasteiger partial charge is 0.351 e. The van der Waals surface area contributed by atoms with E-state index in [2.05, 4.69) is 38.4 Å². The number of amides is 2. The van der Waals surface area contributed by atoms with Gasteiger partial charge in [-0.15, -0.1) is 23.1 Å². The van der Waals surface area contributed by atoms with Crippen LogP contribution in [-0.2, 0) is 16.1 Å². The number of hydrogen-bond acceptors (Lipinski definition) is 6. The lowest BCUT2D eigenvalue weighted by atomic mass is 9.94. The van der Waals surface area contributed by atoms with Gasteiger partial charge in [0.2, 0.25) is 11.8 Å². The molecule has 162 valence electrons. The molecule has 4 heterocycles. The Morgan fingerprint density at radius 1 is 1.19 bits per heavy atom. The van der Waals surface area contributed by atoms with Gasteiger partial charge in [-0.05, 0) is 40.8 Å². The minimum atomic E-state index is -0.257. The number of fused-ring (bicyclic) bond motifs is 1. The molecular formula is C23H26N4O2S2. The molecule has 3 aliphatic rings. The van der Waals surface area contributed by atoms with Gasteiger partial charge in [0.05, 0.1) is 18.5 Å². The molecule has 4 unspecified atom stereocenters. The second-order valence-corrected chi connectivity index (χ2v) is 10.2. The summed E-state index contributed by atoms with van der Waals surface area (Å²) in [6.45, 7) is 2.09. The van der Waals surface area contributed by atoms with E-state index in [1.54, 1.807) is 23.1 Å². The zero-order chi connectivity index (χ0) is 21.2. The van der Waals surface area contributed by atoms with Gasteiger partial charge in [0.15, 0.2) is 0 Å². The molecule has 2 amide bonds. The Kier molecular flexibility index (Phi) is 6.13. The molecule has 3 N–H and O–H groups in total. The summed E-state index contributed by atoms with van der Waals surface area (Å²) >= 11 is 3.23. The first kappa shape index (κ1) is 20.8. The highest BCUT2D eigenvalue weighted by molar-refractivity contribution is 8.04. The van der Waals surface area contributed by atoms with Crippen LogP contribution in [0.3, 0.4) is 0 Å². The molecule has 2 aromatic rings. The van der Waals surface area contributed by atoms with E-state index >= 15 is 0 Å². The molecule has 5 rings (SSSR count). The molecule has 2 fully saturated rings. The minimum absolute atomic E-state index is 0.0285. The maximum atomic E-state index is 12.8. The second-order valence-electron chi connectivity index (χ2n) is 8.18. The van der Waals surface area contributed by atoms with Crippen molar-refractivity contribution >= 4 is 40.5 Å². The first-order valence-corrected chi connectivity index (χ1v) is 12.5. The highest BCUT2D eigenvalue weighted by Crippen LogP contribution is 2.38. The number of hydrogen-bond donors (Lipinski definition) is 3. The van der Waals surface area contributed by atoms with E-state index in [0.29, 0.717) is 13.1 Å². The first-order chi connectivity index (χ1) is 15.2. The fourth-order valence-electron chi connectivity index (χ4n) is 4.54. The van der Waals surface area contributed by atoms with Crippen molar-refractivity contribution in [3.05, 3.63) is 63.7 Å². The molecule has 0 aliphatic carbocycles. The number of rotatable bonds is 5. The molecule has 0 radical (unpaired) electrons. The molecular weight excluding hydrogens is 428 g/mol. The highest BCUT2D eigenvalue weighted by atomic mass is 32.2. The molecule has 3 aliphatic heterocycles. The van der Waals surface area contributed by atoms with E-state index in [4.69, 9.17) is 0 Å². The summed E-state index contributed by atoms with van der Waals surface area (Å²) < 4.78 is 0. The summed E-state index contributed by atoms with van der Waals surface area (Å²) in [5.74, 6) is 0.0943. The van der Waals surface area contributed by atoms with E-state index in [9.17, 15) is 9.59 Å². The Hall–Kier alpha value is -2.13. The monoisotopic (exact) mass is 454 g/mol. The molecule has 0 spiro atoms. The van der Waals surface area contributed by atoms with Crippen LogP contribution in [0.2, 0.25) is 0 Å². The van der Waals surface area contributed by atoms with Crippen molar-refractivity contribution in [2.75, 3.05) is 13.1 Å². The highest BCUT2D eigenvalue weighted by Gasteiger charge is 2.44. The third-order valence-electron chi connectivity index (χ3n) is 6.17. The minimum Gasteiger partial charge on any atom is -0.351 e. The molecule has 0 saturated carbocycles. The van der Waals surface area contributed by atoms with Crippen LogP contribution < -0.4 is 16.0 Å². The lowest BCUT2D eigenvalue weighted by Gasteiger charge is -2.43. The molecule has 2 saturated heterocycles. The van der Waals surface area contributed by atoms with E-state index < -0.39 is 0 Å². The van der Waals surface area contributed by atoms with Crippen LogP contribution in [0.4, 0.5) is 0 Å².